The molecule has 0 aromatic heterocycles. The fraction of sp³-hybridized carbons (Fsp3) is 0.368. The van der Waals surface area contributed by atoms with Crippen molar-refractivity contribution >= 4 is 10.0 Å². The zero-order chi connectivity index (χ0) is 18.3. The molecule has 2 aromatic carbocycles. The number of benzene rings is 2. The van der Waals surface area contributed by atoms with Crippen LogP contribution in [0.5, 0.6) is 5.75 Å². The molecule has 25 heavy (non-hydrogen) atoms. The lowest BCUT2D eigenvalue weighted by Gasteiger charge is -2.24. The molecule has 0 aliphatic carbocycles. The predicted octanol–water partition coefficient (Wildman–Crippen LogP) is 2.80. The van der Waals surface area contributed by atoms with Crippen molar-refractivity contribution in [2.24, 2.45) is 0 Å². The number of rotatable bonds is 9. The minimum Gasteiger partial charge on any atom is -0.489 e. The van der Waals surface area contributed by atoms with Crippen molar-refractivity contribution in [1.29, 1.82) is 0 Å². The summed E-state index contributed by atoms with van der Waals surface area (Å²) in [6, 6.07) is 16.9. The fourth-order valence-corrected chi connectivity index (χ4v) is 3.53. The van der Waals surface area contributed by atoms with Gasteiger partial charge >= 0.3 is 0 Å². The van der Waals surface area contributed by atoms with Crippen molar-refractivity contribution < 1.29 is 18.3 Å². The van der Waals surface area contributed by atoms with Gasteiger partial charge in [0.1, 0.15) is 18.0 Å². The highest BCUT2D eigenvalue weighted by atomic mass is 32.2. The average molecular weight is 363 g/mol. The second-order valence-corrected chi connectivity index (χ2v) is 8.14. The third-order valence-electron chi connectivity index (χ3n) is 3.83. The van der Waals surface area contributed by atoms with Crippen LogP contribution in [-0.2, 0) is 22.2 Å². The summed E-state index contributed by atoms with van der Waals surface area (Å²) in [5, 5.41) is 10.5. The van der Waals surface area contributed by atoms with Crippen LogP contribution in [0.1, 0.15) is 31.4 Å². The normalized spacial score (nSPS) is 14.0. The third-order valence-corrected chi connectivity index (χ3v) is 5.36. The molecule has 0 heterocycles. The van der Waals surface area contributed by atoms with Crippen LogP contribution in [-0.4, -0.2) is 25.8 Å². The monoisotopic (exact) mass is 363 g/mol. The molecule has 2 aromatic rings. The summed E-state index contributed by atoms with van der Waals surface area (Å²) in [5.74, 6) is 0.741. The van der Waals surface area contributed by atoms with Gasteiger partial charge in [-0.25, -0.2) is 13.1 Å². The van der Waals surface area contributed by atoms with E-state index in [-0.39, 0.29) is 12.3 Å². The molecule has 0 radical (unpaired) electrons. The standard InChI is InChI=1S/C19H25NO4S/c1-3-13-25(22,23)20-15-19(2,21)17-9-11-18(12-10-17)24-14-16-7-5-4-6-8-16/h4-12,20-21H,3,13-15H2,1-2H3. The number of ether oxygens (including phenoxy) is 1. The van der Waals surface area contributed by atoms with Crippen LogP contribution < -0.4 is 9.46 Å². The van der Waals surface area contributed by atoms with Crippen LogP contribution in [0, 0.1) is 0 Å². The van der Waals surface area contributed by atoms with Crippen LogP contribution in [0.4, 0.5) is 0 Å². The first kappa shape index (κ1) is 19.4. The summed E-state index contributed by atoms with van der Waals surface area (Å²) in [5.41, 5.74) is 0.404. The summed E-state index contributed by atoms with van der Waals surface area (Å²) in [7, 11) is -3.35. The van der Waals surface area contributed by atoms with Gasteiger partial charge in [0, 0.05) is 6.54 Å². The van der Waals surface area contributed by atoms with E-state index in [2.05, 4.69) is 4.72 Å². The number of hydrogen-bond donors (Lipinski definition) is 2. The third kappa shape index (κ3) is 6.16. The quantitative estimate of drug-likeness (QED) is 0.718. The van der Waals surface area contributed by atoms with Gasteiger partial charge in [-0.3, -0.25) is 0 Å². The molecule has 5 nitrogen and oxygen atoms in total. The largest absolute Gasteiger partial charge is 0.489 e. The highest BCUT2D eigenvalue weighted by Gasteiger charge is 2.25. The topological polar surface area (TPSA) is 75.6 Å². The molecule has 0 aliphatic rings. The van der Waals surface area contributed by atoms with Gasteiger partial charge in [0.25, 0.3) is 0 Å². The molecule has 0 spiro atoms. The molecule has 2 rings (SSSR count). The maximum absolute atomic E-state index is 11.7. The Hall–Kier alpha value is -1.89. The smallest absolute Gasteiger partial charge is 0.211 e. The Morgan fingerprint density at radius 2 is 1.72 bits per heavy atom. The van der Waals surface area contributed by atoms with Crippen LogP contribution in [0.3, 0.4) is 0 Å². The van der Waals surface area contributed by atoms with Crippen molar-refractivity contribution in [1.82, 2.24) is 4.72 Å². The summed E-state index contributed by atoms with van der Waals surface area (Å²) in [4.78, 5) is 0. The molecular formula is C19H25NO4S. The van der Waals surface area contributed by atoms with Crippen molar-refractivity contribution in [2.45, 2.75) is 32.5 Å². The number of aliphatic hydroxyl groups is 1. The van der Waals surface area contributed by atoms with Crippen LogP contribution in [0.15, 0.2) is 54.6 Å². The first-order valence-corrected chi connectivity index (χ1v) is 9.94. The number of hydrogen-bond acceptors (Lipinski definition) is 4. The second-order valence-electron chi connectivity index (χ2n) is 6.21. The highest BCUT2D eigenvalue weighted by Crippen LogP contribution is 2.23. The second kappa shape index (κ2) is 8.47. The van der Waals surface area contributed by atoms with Crippen molar-refractivity contribution in [3.8, 4) is 5.75 Å². The van der Waals surface area contributed by atoms with Crippen molar-refractivity contribution in [3.05, 3.63) is 65.7 Å². The molecule has 0 aliphatic heterocycles. The van der Waals surface area contributed by atoms with E-state index in [4.69, 9.17) is 4.74 Å². The molecule has 0 saturated heterocycles. The Labute approximate surface area is 149 Å². The van der Waals surface area contributed by atoms with E-state index >= 15 is 0 Å². The maximum Gasteiger partial charge on any atom is 0.211 e. The van der Waals surface area contributed by atoms with Gasteiger partial charge in [-0.15, -0.1) is 0 Å². The molecule has 0 fully saturated rings. The minimum atomic E-state index is -3.35. The van der Waals surface area contributed by atoms with E-state index in [0.29, 0.717) is 24.3 Å². The molecule has 2 N–H and O–H groups in total. The Morgan fingerprint density at radius 1 is 1.08 bits per heavy atom. The highest BCUT2D eigenvalue weighted by molar-refractivity contribution is 7.89. The fourth-order valence-electron chi connectivity index (χ4n) is 2.34. The van der Waals surface area contributed by atoms with Gasteiger partial charge < -0.3 is 9.84 Å². The van der Waals surface area contributed by atoms with E-state index in [1.165, 1.54) is 0 Å². The first-order valence-electron chi connectivity index (χ1n) is 8.29. The molecule has 0 saturated carbocycles. The van der Waals surface area contributed by atoms with Crippen molar-refractivity contribution in [3.63, 3.8) is 0 Å². The minimum absolute atomic E-state index is 0.0509. The van der Waals surface area contributed by atoms with E-state index < -0.39 is 15.6 Å². The lowest BCUT2D eigenvalue weighted by Crippen LogP contribution is -2.39. The van der Waals surface area contributed by atoms with Crippen LogP contribution in [0.2, 0.25) is 0 Å². The molecule has 136 valence electrons. The number of sulfonamides is 1. The van der Waals surface area contributed by atoms with E-state index in [1.807, 2.05) is 30.3 Å². The Kier molecular flexibility index (Phi) is 6.58. The van der Waals surface area contributed by atoms with Gasteiger partial charge in [-0.2, -0.15) is 0 Å². The summed E-state index contributed by atoms with van der Waals surface area (Å²) in [6.07, 6.45) is 0.533. The van der Waals surface area contributed by atoms with Crippen LogP contribution in [0.25, 0.3) is 0 Å². The zero-order valence-electron chi connectivity index (χ0n) is 14.6. The summed E-state index contributed by atoms with van der Waals surface area (Å²) < 4.78 is 31.6. The molecule has 1 atom stereocenters. The van der Waals surface area contributed by atoms with E-state index in [1.54, 1.807) is 38.1 Å². The molecule has 1 unspecified atom stereocenters. The molecule has 0 amide bonds. The Bertz CT molecular complexity index is 756. The van der Waals surface area contributed by atoms with Crippen molar-refractivity contribution in [2.75, 3.05) is 12.3 Å². The lowest BCUT2D eigenvalue weighted by molar-refractivity contribution is 0.0627. The van der Waals surface area contributed by atoms with Gasteiger partial charge in [0.05, 0.1) is 5.75 Å². The van der Waals surface area contributed by atoms with Gasteiger partial charge in [0.2, 0.25) is 10.0 Å². The first-order chi connectivity index (χ1) is 11.8. The maximum atomic E-state index is 11.7. The van der Waals surface area contributed by atoms with Gasteiger partial charge in [0.15, 0.2) is 0 Å². The average Bonchev–Trinajstić information content (AvgIpc) is 2.60. The van der Waals surface area contributed by atoms with Crippen LogP contribution >= 0.6 is 0 Å². The molecule has 0 bridgehead atoms. The summed E-state index contributed by atoms with van der Waals surface area (Å²) in [6.45, 7) is 3.78. The van der Waals surface area contributed by atoms with E-state index in [0.717, 1.165) is 5.56 Å². The Balaban J connectivity index is 1.95. The van der Waals surface area contributed by atoms with Gasteiger partial charge in [-0.1, -0.05) is 49.4 Å². The summed E-state index contributed by atoms with van der Waals surface area (Å²) >= 11 is 0. The van der Waals surface area contributed by atoms with E-state index in [9.17, 15) is 13.5 Å². The number of nitrogens with one attached hydrogen (secondary N) is 1. The SMILES string of the molecule is CCCS(=O)(=O)NCC(C)(O)c1ccc(OCc2ccccc2)cc1. The molecular weight excluding hydrogens is 338 g/mol. The Morgan fingerprint density at radius 3 is 2.32 bits per heavy atom. The lowest BCUT2D eigenvalue weighted by atomic mass is 9.96. The zero-order valence-corrected chi connectivity index (χ0v) is 15.4. The molecule has 6 heteroatoms. The predicted molar refractivity (Wildman–Crippen MR) is 98.9 cm³/mol. The van der Waals surface area contributed by atoms with Gasteiger partial charge in [-0.05, 0) is 36.6 Å².